The van der Waals surface area contributed by atoms with Gasteiger partial charge in [-0.15, -0.1) is 0 Å². The summed E-state index contributed by atoms with van der Waals surface area (Å²) in [5.74, 6) is -4.56. The van der Waals surface area contributed by atoms with Gasteiger partial charge in [0.2, 0.25) is 0 Å². The van der Waals surface area contributed by atoms with E-state index in [2.05, 4.69) is 0 Å². The topological polar surface area (TPSA) is 112 Å². The summed E-state index contributed by atoms with van der Waals surface area (Å²) in [7, 11) is 0. The first-order valence-corrected chi connectivity index (χ1v) is 5.26. The van der Waals surface area contributed by atoms with Gasteiger partial charge in [0.05, 0.1) is 11.1 Å². The van der Waals surface area contributed by atoms with Gasteiger partial charge in [0, 0.05) is 0 Å². The number of carboxylic acids is 3. The SMILES string of the molecule is CC1CC2(C(=O)O)CC1C(C(=O)O)=C2C(=O)O. The van der Waals surface area contributed by atoms with E-state index < -0.39 is 34.8 Å². The van der Waals surface area contributed by atoms with Crippen LogP contribution in [0.25, 0.3) is 0 Å². The predicted octanol–water partition coefficient (Wildman–Crippen LogP) is 0.583. The molecule has 0 aliphatic heterocycles. The van der Waals surface area contributed by atoms with Crippen molar-refractivity contribution < 1.29 is 29.7 Å². The first-order chi connectivity index (χ1) is 7.81. The molecule has 0 aromatic heterocycles. The average Bonchev–Trinajstić information content (AvgIpc) is 2.69. The van der Waals surface area contributed by atoms with Crippen LogP contribution in [-0.4, -0.2) is 33.2 Å². The van der Waals surface area contributed by atoms with Crippen LogP contribution in [-0.2, 0) is 14.4 Å². The van der Waals surface area contributed by atoms with Gasteiger partial charge in [-0.2, -0.15) is 0 Å². The second-order valence-electron chi connectivity index (χ2n) is 4.78. The van der Waals surface area contributed by atoms with Gasteiger partial charge in [0.25, 0.3) is 0 Å². The predicted molar refractivity (Wildman–Crippen MR) is 54.3 cm³/mol. The van der Waals surface area contributed by atoms with Gasteiger partial charge in [-0.25, -0.2) is 9.59 Å². The Kier molecular flexibility index (Phi) is 2.27. The van der Waals surface area contributed by atoms with E-state index in [4.69, 9.17) is 10.2 Å². The lowest BCUT2D eigenvalue weighted by molar-refractivity contribution is -0.149. The Bertz CT molecular complexity index is 463. The van der Waals surface area contributed by atoms with E-state index in [0.29, 0.717) is 0 Å². The number of hydrogen-bond acceptors (Lipinski definition) is 3. The van der Waals surface area contributed by atoms with Crippen molar-refractivity contribution in [3.05, 3.63) is 11.1 Å². The van der Waals surface area contributed by atoms with Crippen molar-refractivity contribution in [1.29, 1.82) is 0 Å². The molecular formula is C11H12O6. The van der Waals surface area contributed by atoms with Crippen molar-refractivity contribution in [3.8, 4) is 0 Å². The Hall–Kier alpha value is -1.85. The van der Waals surface area contributed by atoms with Crippen LogP contribution < -0.4 is 0 Å². The van der Waals surface area contributed by atoms with E-state index in [1.165, 1.54) is 0 Å². The molecule has 0 spiro atoms. The summed E-state index contributed by atoms with van der Waals surface area (Å²) >= 11 is 0. The van der Waals surface area contributed by atoms with Crippen LogP contribution in [0.1, 0.15) is 19.8 Å². The number of carboxylic acid groups (broad SMARTS) is 3. The molecule has 0 saturated heterocycles. The number of carbonyl (C=O) groups is 3. The van der Waals surface area contributed by atoms with E-state index in [1.807, 2.05) is 0 Å². The number of aliphatic carboxylic acids is 3. The van der Waals surface area contributed by atoms with E-state index in [-0.39, 0.29) is 24.3 Å². The van der Waals surface area contributed by atoms with Crippen molar-refractivity contribution in [1.82, 2.24) is 0 Å². The lowest BCUT2D eigenvalue weighted by atomic mass is 9.75. The fraction of sp³-hybridized carbons (Fsp3) is 0.545. The molecule has 0 aromatic rings. The maximum atomic E-state index is 11.3. The quantitative estimate of drug-likeness (QED) is 0.665. The highest BCUT2D eigenvalue weighted by Crippen LogP contribution is 2.60. The summed E-state index contributed by atoms with van der Waals surface area (Å²) in [5, 5.41) is 27.4. The van der Waals surface area contributed by atoms with Gasteiger partial charge < -0.3 is 15.3 Å². The Morgan fingerprint density at radius 3 is 2.12 bits per heavy atom. The summed E-state index contributed by atoms with van der Waals surface area (Å²) in [4.78, 5) is 33.6. The molecule has 2 aliphatic rings. The lowest BCUT2D eigenvalue weighted by Gasteiger charge is -2.26. The maximum absolute atomic E-state index is 11.3. The molecule has 0 radical (unpaired) electrons. The van der Waals surface area contributed by atoms with E-state index >= 15 is 0 Å². The maximum Gasteiger partial charge on any atom is 0.333 e. The second kappa shape index (κ2) is 3.32. The fourth-order valence-corrected chi connectivity index (χ4v) is 3.25. The third-order valence-electron chi connectivity index (χ3n) is 3.90. The minimum absolute atomic E-state index is 0.0900. The fourth-order valence-electron chi connectivity index (χ4n) is 3.25. The summed E-state index contributed by atoms with van der Waals surface area (Å²) in [6.07, 6.45) is 0.290. The molecule has 3 unspecified atom stereocenters. The molecule has 2 rings (SSSR count). The van der Waals surface area contributed by atoms with Gasteiger partial charge >= 0.3 is 17.9 Å². The minimum atomic E-state index is -1.51. The molecule has 2 aliphatic carbocycles. The summed E-state index contributed by atoms with van der Waals surface area (Å²) in [5.41, 5.74) is -2.16. The van der Waals surface area contributed by atoms with Crippen LogP contribution in [0.15, 0.2) is 11.1 Å². The Morgan fingerprint density at radius 2 is 1.71 bits per heavy atom. The minimum Gasteiger partial charge on any atom is -0.481 e. The smallest absolute Gasteiger partial charge is 0.333 e. The number of fused-ring (bicyclic) bond motifs is 2. The lowest BCUT2D eigenvalue weighted by Crippen LogP contribution is -2.35. The molecule has 0 amide bonds. The molecule has 0 aromatic carbocycles. The Morgan fingerprint density at radius 1 is 1.12 bits per heavy atom. The van der Waals surface area contributed by atoms with Crippen molar-refractivity contribution in [3.63, 3.8) is 0 Å². The van der Waals surface area contributed by atoms with Crippen LogP contribution in [0.3, 0.4) is 0 Å². The van der Waals surface area contributed by atoms with Gasteiger partial charge in [-0.1, -0.05) is 6.92 Å². The van der Waals surface area contributed by atoms with Crippen molar-refractivity contribution >= 4 is 17.9 Å². The molecule has 3 atom stereocenters. The number of hydrogen-bond donors (Lipinski definition) is 3. The van der Waals surface area contributed by atoms with E-state index in [9.17, 15) is 19.5 Å². The largest absolute Gasteiger partial charge is 0.481 e. The average molecular weight is 240 g/mol. The first kappa shape index (κ1) is 11.6. The normalized spacial score (nSPS) is 35.1. The van der Waals surface area contributed by atoms with Crippen molar-refractivity contribution in [2.75, 3.05) is 0 Å². The molecule has 17 heavy (non-hydrogen) atoms. The summed E-state index contributed by atoms with van der Waals surface area (Å²) < 4.78 is 0. The highest BCUT2D eigenvalue weighted by Gasteiger charge is 2.62. The van der Waals surface area contributed by atoms with Crippen LogP contribution in [0.4, 0.5) is 0 Å². The van der Waals surface area contributed by atoms with Crippen LogP contribution in [0.5, 0.6) is 0 Å². The summed E-state index contributed by atoms with van der Waals surface area (Å²) in [6, 6.07) is 0. The molecule has 3 N–H and O–H groups in total. The van der Waals surface area contributed by atoms with Gasteiger partial charge in [0.15, 0.2) is 0 Å². The summed E-state index contributed by atoms with van der Waals surface area (Å²) in [6.45, 7) is 1.76. The van der Waals surface area contributed by atoms with E-state index in [0.717, 1.165) is 0 Å². The van der Waals surface area contributed by atoms with Crippen molar-refractivity contribution in [2.45, 2.75) is 19.8 Å². The molecule has 6 nitrogen and oxygen atoms in total. The Labute approximate surface area is 96.6 Å². The third-order valence-corrected chi connectivity index (χ3v) is 3.90. The molecule has 1 fully saturated rings. The molecule has 92 valence electrons. The van der Waals surface area contributed by atoms with Gasteiger partial charge in [-0.3, -0.25) is 4.79 Å². The first-order valence-electron chi connectivity index (χ1n) is 5.26. The second-order valence-corrected chi connectivity index (χ2v) is 4.78. The molecule has 6 heteroatoms. The monoisotopic (exact) mass is 240 g/mol. The van der Waals surface area contributed by atoms with Gasteiger partial charge in [0.1, 0.15) is 5.41 Å². The zero-order valence-corrected chi connectivity index (χ0v) is 9.14. The zero-order valence-electron chi connectivity index (χ0n) is 9.14. The standard InChI is InChI=1S/C11H12O6/c1-4-2-11(10(16)17)3-5(4)6(8(12)13)7(11)9(14)15/h4-5H,2-3H2,1H3,(H,12,13)(H,14,15)(H,16,17). The molecule has 2 bridgehead atoms. The zero-order chi connectivity index (χ0) is 13.0. The number of rotatable bonds is 3. The van der Waals surface area contributed by atoms with Crippen LogP contribution in [0, 0.1) is 17.3 Å². The van der Waals surface area contributed by atoms with Crippen molar-refractivity contribution in [2.24, 2.45) is 17.3 Å². The molecular weight excluding hydrogens is 228 g/mol. The molecule has 0 heterocycles. The van der Waals surface area contributed by atoms with Crippen LogP contribution >= 0.6 is 0 Å². The Balaban J connectivity index is 2.67. The molecule has 1 saturated carbocycles. The van der Waals surface area contributed by atoms with Gasteiger partial charge in [-0.05, 0) is 24.7 Å². The highest BCUT2D eigenvalue weighted by molar-refractivity contribution is 6.06. The highest BCUT2D eigenvalue weighted by atomic mass is 16.4. The van der Waals surface area contributed by atoms with E-state index in [1.54, 1.807) is 6.92 Å². The van der Waals surface area contributed by atoms with Crippen LogP contribution in [0.2, 0.25) is 0 Å². The third kappa shape index (κ3) is 1.30.